The quantitative estimate of drug-likeness (QED) is 0.690. The molecule has 0 aliphatic carbocycles. The molecular weight excluding hydrogens is 203 g/mol. The largest absolute Gasteiger partial charge is 0.356 e. The summed E-state index contributed by atoms with van der Waals surface area (Å²) in [5, 5.41) is 1.97. The molecule has 15 heavy (non-hydrogen) atoms. The lowest BCUT2D eigenvalue weighted by molar-refractivity contribution is -0.135. The monoisotopic (exact) mass is 216 g/mol. The first-order chi connectivity index (χ1) is 7.03. The third-order valence-corrected chi connectivity index (χ3v) is 2.87. The van der Waals surface area contributed by atoms with E-state index in [1.807, 2.05) is 5.32 Å². The average molecular weight is 216 g/mol. The second-order valence-electron chi connectivity index (χ2n) is 4.00. The van der Waals surface area contributed by atoms with E-state index in [0.717, 1.165) is 6.42 Å². The number of hydrogen-bond donors (Lipinski definition) is 1. The van der Waals surface area contributed by atoms with Crippen molar-refractivity contribution in [3.05, 3.63) is 0 Å². The van der Waals surface area contributed by atoms with Gasteiger partial charge in [0.1, 0.15) is 5.72 Å². The number of ether oxygens (including phenoxy) is 1. The van der Waals surface area contributed by atoms with Gasteiger partial charge in [-0.1, -0.05) is 0 Å². The molecule has 0 radical (unpaired) electrons. The molecule has 0 aromatic carbocycles. The first kappa shape index (κ1) is 10.4. The van der Waals surface area contributed by atoms with E-state index in [0.29, 0.717) is 13.0 Å². The van der Waals surface area contributed by atoms with Crippen molar-refractivity contribution < 1.29 is 18.7 Å². The van der Waals surface area contributed by atoms with Crippen molar-refractivity contribution in [3.63, 3.8) is 0 Å². The maximum absolute atomic E-state index is 13.2. The summed E-state index contributed by atoms with van der Waals surface area (Å²) < 4.78 is 18.6. The number of nitrogens with one attached hydrogen (secondary N) is 1. The summed E-state index contributed by atoms with van der Waals surface area (Å²) in [5.74, 6) is -0.863. The van der Waals surface area contributed by atoms with Crippen LogP contribution in [0, 0.1) is 0 Å². The third kappa shape index (κ3) is 1.69. The Hall–Kier alpha value is -1.17. The normalized spacial score (nSPS) is 36.9. The number of carbonyl (C=O) groups is 2. The third-order valence-electron chi connectivity index (χ3n) is 2.87. The number of imide groups is 1. The predicted molar refractivity (Wildman–Crippen MR) is 48.7 cm³/mol. The lowest BCUT2D eigenvalue weighted by Gasteiger charge is -2.40. The summed E-state index contributed by atoms with van der Waals surface area (Å²) in [6.45, 7) is 2.08. The van der Waals surface area contributed by atoms with Gasteiger partial charge in [-0.25, -0.2) is 9.18 Å². The maximum Gasteiger partial charge on any atom is 0.326 e. The van der Waals surface area contributed by atoms with Gasteiger partial charge in [0.2, 0.25) is 0 Å². The molecule has 2 fully saturated rings. The fraction of sp³-hybridized carbons (Fsp3) is 0.778. The molecule has 0 aromatic rings. The number of hydrogen-bond acceptors (Lipinski definition) is 3. The minimum absolute atomic E-state index is 0.221. The van der Waals surface area contributed by atoms with E-state index in [2.05, 4.69) is 0 Å². The van der Waals surface area contributed by atoms with E-state index in [9.17, 15) is 14.0 Å². The van der Waals surface area contributed by atoms with Crippen molar-refractivity contribution in [2.24, 2.45) is 0 Å². The molecule has 2 aliphatic heterocycles. The molecule has 6 heteroatoms. The molecule has 2 aliphatic rings. The number of alkyl halides is 1. The van der Waals surface area contributed by atoms with Gasteiger partial charge in [-0.15, -0.1) is 0 Å². The van der Waals surface area contributed by atoms with Gasteiger partial charge in [-0.05, 0) is 19.8 Å². The lowest BCUT2D eigenvalue weighted by atomic mass is 10.1. The molecule has 84 valence electrons. The molecular formula is C9H13FN2O3. The van der Waals surface area contributed by atoms with Crippen molar-refractivity contribution in [1.82, 2.24) is 10.2 Å². The van der Waals surface area contributed by atoms with Crippen LogP contribution in [0.5, 0.6) is 0 Å². The fourth-order valence-electron chi connectivity index (χ4n) is 1.96. The van der Waals surface area contributed by atoms with E-state index < -0.39 is 23.8 Å². The Labute approximate surface area is 86.6 Å². The number of halogens is 1. The van der Waals surface area contributed by atoms with Crippen molar-refractivity contribution in [2.75, 3.05) is 13.2 Å². The van der Waals surface area contributed by atoms with Crippen molar-refractivity contribution in [1.29, 1.82) is 0 Å². The second kappa shape index (κ2) is 3.44. The van der Waals surface area contributed by atoms with Crippen LogP contribution < -0.4 is 5.32 Å². The van der Waals surface area contributed by atoms with Crippen molar-refractivity contribution in [3.8, 4) is 0 Å². The maximum atomic E-state index is 13.2. The average Bonchev–Trinajstić information content (AvgIpc) is 2.60. The Bertz CT molecular complexity index is 302. The highest BCUT2D eigenvalue weighted by Gasteiger charge is 2.44. The summed E-state index contributed by atoms with van der Waals surface area (Å²) in [4.78, 5) is 23.6. The highest BCUT2D eigenvalue weighted by atomic mass is 19.1. The molecule has 0 spiro atoms. The number of rotatable bonds is 1. The summed E-state index contributed by atoms with van der Waals surface area (Å²) in [5.41, 5.74) is -0.769. The minimum Gasteiger partial charge on any atom is -0.356 e. The lowest BCUT2D eigenvalue weighted by Crippen LogP contribution is -2.62. The van der Waals surface area contributed by atoms with E-state index in [1.54, 1.807) is 6.92 Å². The molecule has 2 atom stereocenters. The van der Waals surface area contributed by atoms with Crippen LogP contribution in [0.2, 0.25) is 0 Å². The van der Waals surface area contributed by atoms with Crippen molar-refractivity contribution in [2.45, 2.75) is 31.7 Å². The molecule has 2 heterocycles. The van der Waals surface area contributed by atoms with E-state index in [4.69, 9.17) is 4.74 Å². The van der Waals surface area contributed by atoms with Gasteiger partial charge in [-0.2, -0.15) is 0 Å². The Balaban J connectivity index is 2.15. The molecule has 0 aromatic heterocycles. The highest BCUT2D eigenvalue weighted by Crippen LogP contribution is 2.30. The first-order valence-electron chi connectivity index (χ1n) is 4.93. The first-order valence-corrected chi connectivity index (χ1v) is 4.93. The molecule has 2 saturated heterocycles. The van der Waals surface area contributed by atoms with Crippen LogP contribution in [0.15, 0.2) is 0 Å². The second-order valence-corrected chi connectivity index (χ2v) is 4.00. The van der Waals surface area contributed by atoms with Crippen LogP contribution in [0.3, 0.4) is 0 Å². The van der Waals surface area contributed by atoms with Crippen LogP contribution in [0.25, 0.3) is 0 Å². The van der Waals surface area contributed by atoms with E-state index in [1.165, 1.54) is 4.90 Å². The number of amides is 3. The van der Waals surface area contributed by atoms with Gasteiger partial charge in [0.15, 0.2) is 6.17 Å². The molecule has 5 nitrogen and oxygen atoms in total. The Morgan fingerprint density at radius 3 is 2.93 bits per heavy atom. The van der Waals surface area contributed by atoms with Crippen molar-refractivity contribution >= 4 is 11.9 Å². The molecule has 2 unspecified atom stereocenters. The van der Waals surface area contributed by atoms with E-state index in [-0.39, 0.29) is 6.54 Å². The van der Waals surface area contributed by atoms with Crippen LogP contribution in [-0.2, 0) is 9.53 Å². The minimum atomic E-state index is -1.66. The van der Waals surface area contributed by atoms with Gasteiger partial charge < -0.3 is 4.74 Å². The molecule has 1 N–H and O–H groups in total. The van der Waals surface area contributed by atoms with Crippen LogP contribution >= 0.6 is 0 Å². The van der Waals surface area contributed by atoms with Crippen LogP contribution in [-0.4, -0.2) is 41.9 Å². The number of urea groups is 1. The highest BCUT2D eigenvalue weighted by molar-refractivity contribution is 5.99. The summed E-state index contributed by atoms with van der Waals surface area (Å²) >= 11 is 0. The zero-order valence-electron chi connectivity index (χ0n) is 8.46. The Morgan fingerprint density at radius 2 is 2.33 bits per heavy atom. The topological polar surface area (TPSA) is 58.6 Å². The SMILES string of the molecule is CC1(N2CC(F)C(=O)NC2=O)CCCO1. The number of nitrogens with zero attached hydrogens (tertiary/aromatic N) is 1. The van der Waals surface area contributed by atoms with Gasteiger partial charge in [-0.3, -0.25) is 15.0 Å². The molecule has 0 saturated carbocycles. The summed E-state index contributed by atoms with van der Waals surface area (Å²) in [6.07, 6.45) is -0.157. The molecule has 0 bridgehead atoms. The van der Waals surface area contributed by atoms with E-state index >= 15 is 0 Å². The van der Waals surface area contributed by atoms with Gasteiger partial charge in [0, 0.05) is 6.61 Å². The zero-order valence-corrected chi connectivity index (χ0v) is 8.46. The number of carbonyl (C=O) groups excluding carboxylic acids is 2. The Kier molecular flexibility index (Phi) is 2.38. The Morgan fingerprint density at radius 1 is 1.60 bits per heavy atom. The van der Waals surface area contributed by atoms with Gasteiger partial charge in [0.05, 0.1) is 6.54 Å². The summed E-state index contributed by atoms with van der Waals surface area (Å²) in [6, 6.07) is -0.571. The van der Waals surface area contributed by atoms with Crippen LogP contribution in [0.1, 0.15) is 19.8 Å². The smallest absolute Gasteiger partial charge is 0.326 e. The summed E-state index contributed by atoms with van der Waals surface area (Å²) in [7, 11) is 0. The molecule has 3 amide bonds. The zero-order chi connectivity index (χ0) is 11.1. The standard InChI is InChI=1S/C9H13FN2O3/c1-9(3-2-4-15-9)12-5-6(10)7(13)11-8(12)14/h6H,2-5H2,1H3,(H,11,13,14). The fourth-order valence-corrected chi connectivity index (χ4v) is 1.96. The predicted octanol–water partition coefficient (Wildman–Crippen LogP) is 0.403. The van der Waals surface area contributed by atoms with Crippen LogP contribution in [0.4, 0.5) is 9.18 Å². The van der Waals surface area contributed by atoms with Gasteiger partial charge >= 0.3 is 6.03 Å². The molecule has 2 rings (SSSR count). The van der Waals surface area contributed by atoms with Gasteiger partial charge in [0.25, 0.3) is 5.91 Å².